The van der Waals surface area contributed by atoms with E-state index >= 15 is 0 Å². The molecule has 0 saturated carbocycles. The van der Waals surface area contributed by atoms with Gasteiger partial charge < -0.3 is 4.74 Å². The number of carbonyl (C=O) groups is 1. The number of rotatable bonds is 8. The summed E-state index contributed by atoms with van der Waals surface area (Å²) < 4.78 is 21.1. The number of nitrogens with one attached hydrogen (secondary N) is 1. The van der Waals surface area contributed by atoms with Crippen LogP contribution in [-0.2, 0) is 0 Å². The highest BCUT2D eigenvalue weighted by Crippen LogP contribution is 2.26. The van der Waals surface area contributed by atoms with Crippen molar-refractivity contribution in [1.82, 2.24) is 20.0 Å². The summed E-state index contributed by atoms with van der Waals surface area (Å²) >= 11 is 2.86. The van der Waals surface area contributed by atoms with Gasteiger partial charge in [0.1, 0.15) is 5.82 Å². The molecular formula is C17H18FN5O2S2. The second-order valence-corrected chi connectivity index (χ2v) is 7.86. The SMILES string of the molecule is CCCOc1cn(-c2ccc(F)cc2)nc1C(=O)Nc1nnc(SCC)s1. The van der Waals surface area contributed by atoms with E-state index in [2.05, 4.69) is 20.6 Å². The number of hydrogen-bond acceptors (Lipinski definition) is 7. The van der Waals surface area contributed by atoms with Gasteiger partial charge >= 0.3 is 0 Å². The van der Waals surface area contributed by atoms with E-state index in [0.29, 0.717) is 23.2 Å². The Hall–Kier alpha value is -2.46. The summed E-state index contributed by atoms with van der Waals surface area (Å²) in [6.45, 7) is 4.44. The van der Waals surface area contributed by atoms with E-state index in [1.807, 2.05) is 13.8 Å². The van der Waals surface area contributed by atoms with E-state index in [1.54, 1.807) is 30.1 Å². The third-order valence-corrected chi connectivity index (χ3v) is 5.20. The predicted octanol–water partition coefficient (Wildman–Crippen LogP) is 4.02. The summed E-state index contributed by atoms with van der Waals surface area (Å²) in [5, 5.41) is 15.4. The number of benzene rings is 1. The Morgan fingerprint density at radius 1 is 1.30 bits per heavy atom. The molecule has 1 amide bonds. The summed E-state index contributed by atoms with van der Waals surface area (Å²) in [7, 11) is 0. The van der Waals surface area contributed by atoms with Crippen LogP contribution in [0.3, 0.4) is 0 Å². The Labute approximate surface area is 164 Å². The quantitative estimate of drug-likeness (QED) is 0.449. The van der Waals surface area contributed by atoms with Gasteiger partial charge in [-0.05, 0) is 36.4 Å². The fourth-order valence-corrected chi connectivity index (χ4v) is 3.80. The number of ether oxygens (including phenoxy) is 1. The lowest BCUT2D eigenvalue weighted by atomic mass is 10.3. The van der Waals surface area contributed by atoms with Crippen LogP contribution in [0.4, 0.5) is 9.52 Å². The van der Waals surface area contributed by atoms with Crippen molar-refractivity contribution in [2.24, 2.45) is 0 Å². The molecule has 10 heteroatoms. The van der Waals surface area contributed by atoms with Crippen molar-refractivity contribution in [2.75, 3.05) is 17.7 Å². The molecule has 142 valence electrons. The molecule has 2 heterocycles. The zero-order valence-electron chi connectivity index (χ0n) is 14.8. The first-order valence-corrected chi connectivity index (χ1v) is 10.2. The van der Waals surface area contributed by atoms with Gasteiger partial charge in [-0.2, -0.15) is 5.10 Å². The van der Waals surface area contributed by atoms with Crippen molar-refractivity contribution in [1.29, 1.82) is 0 Å². The minimum Gasteiger partial charge on any atom is -0.489 e. The number of carbonyl (C=O) groups excluding carboxylic acids is 1. The summed E-state index contributed by atoms with van der Waals surface area (Å²) in [5.74, 6) is 0.445. The lowest BCUT2D eigenvalue weighted by Crippen LogP contribution is -2.14. The van der Waals surface area contributed by atoms with Crippen molar-refractivity contribution in [3.8, 4) is 11.4 Å². The molecule has 3 rings (SSSR count). The maximum Gasteiger partial charge on any atom is 0.281 e. The molecule has 1 N–H and O–H groups in total. The van der Waals surface area contributed by atoms with Gasteiger partial charge in [0.15, 0.2) is 15.8 Å². The molecule has 0 atom stereocenters. The normalized spacial score (nSPS) is 10.8. The molecule has 3 aromatic rings. The Balaban J connectivity index is 1.84. The van der Waals surface area contributed by atoms with Gasteiger partial charge in [0.05, 0.1) is 18.5 Å². The maximum atomic E-state index is 13.1. The van der Waals surface area contributed by atoms with Gasteiger partial charge in [-0.25, -0.2) is 9.07 Å². The van der Waals surface area contributed by atoms with E-state index < -0.39 is 5.91 Å². The van der Waals surface area contributed by atoms with Crippen LogP contribution in [-0.4, -0.2) is 38.2 Å². The summed E-state index contributed by atoms with van der Waals surface area (Å²) in [4.78, 5) is 12.7. The van der Waals surface area contributed by atoms with Gasteiger partial charge in [-0.1, -0.05) is 36.9 Å². The first kappa shape index (κ1) is 19.3. The predicted molar refractivity (Wildman–Crippen MR) is 104 cm³/mol. The van der Waals surface area contributed by atoms with Gasteiger partial charge in [0, 0.05) is 0 Å². The lowest BCUT2D eigenvalue weighted by molar-refractivity contribution is 0.101. The Bertz CT molecular complexity index is 910. The van der Waals surface area contributed by atoms with Crippen molar-refractivity contribution in [2.45, 2.75) is 24.6 Å². The third-order valence-electron chi connectivity index (χ3n) is 3.34. The van der Waals surface area contributed by atoms with Crippen LogP contribution in [0.1, 0.15) is 30.8 Å². The molecule has 7 nitrogen and oxygen atoms in total. The minimum absolute atomic E-state index is 0.132. The van der Waals surface area contributed by atoms with E-state index in [-0.39, 0.29) is 11.5 Å². The summed E-state index contributed by atoms with van der Waals surface area (Å²) in [6, 6.07) is 5.81. The van der Waals surface area contributed by atoms with E-state index in [4.69, 9.17) is 4.74 Å². The molecule has 0 aliphatic rings. The van der Waals surface area contributed by atoms with Gasteiger partial charge in [-0.3, -0.25) is 10.1 Å². The molecule has 0 spiro atoms. The second kappa shape index (κ2) is 8.96. The first-order chi connectivity index (χ1) is 13.1. The molecule has 0 bridgehead atoms. The van der Waals surface area contributed by atoms with E-state index in [1.165, 1.54) is 28.2 Å². The monoisotopic (exact) mass is 407 g/mol. The molecule has 0 aliphatic heterocycles. The number of anilines is 1. The number of nitrogens with zero attached hydrogens (tertiary/aromatic N) is 4. The average molecular weight is 407 g/mol. The zero-order chi connectivity index (χ0) is 19.2. The molecule has 0 fully saturated rings. The Morgan fingerprint density at radius 3 is 2.78 bits per heavy atom. The van der Waals surface area contributed by atoms with Crippen LogP contribution < -0.4 is 10.1 Å². The fraction of sp³-hybridized carbons (Fsp3) is 0.294. The molecule has 0 saturated heterocycles. The molecule has 0 unspecified atom stereocenters. The van der Waals surface area contributed by atoms with Crippen molar-refractivity contribution in [3.05, 3.63) is 42.0 Å². The molecule has 1 aromatic carbocycles. The largest absolute Gasteiger partial charge is 0.489 e. The minimum atomic E-state index is -0.439. The van der Waals surface area contributed by atoms with E-state index in [9.17, 15) is 9.18 Å². The van der Waals surface area contributed by atoms with Gasteiger partial charge in [0.25, 0.3) is 5.91 Å². The lowest BCUT2D eigenvalue weighted by Gasteiger charge is -2.03. The first-order valence-electron chi connectivity index (χ1n) is 8.36. The number of aromatic nitrogens is 4. The van der Waals surface area contributed by atoms with Crippen LogP contribution in [0.25, 0.3) is 5.69 Å². The molecule has 0 aliphatic carbocycles. The van der Waals surface area contributed by atoms with Crippen molar-refractivity contribution < 1.29 is 13.9 Å². The second-order valence-electron chi connectivity index (χ2n) is 5.37. The van der Waals surface area contributed by atoms with Gasteiger partial charge in [-0.15, -0.1) is 10.2 Å². The number of halogens is 1. The maximum absolute atomic E-state index is 13.1. The number of amides is 1. The smallest absolute Gasteiger partial charge is 0.281 e. The van der Waals surface area contributed by atoms with Crippen LogP contribution in [0.15, 0.2) is 34.8 Å². The van der Waals surface area contributed by atoms with E-state index in [0.717, 1.165) is 16.5 Å². The fourth-order valence-electron chi connectivity index (χ4n) is 2.16. The molecule has 27 heavy (non-hydrogen) atoms. The molecule has 2 aromatic heterocycles. The summed E-state index contributed by atoms with van der Waals surface area (Å²) in [5.41, 5.74) is 0.752. The number of hydrogen-bond donors (Lipinski definition) is 1. The van der Waals surface area contributed by atoms with Crippen LogP contribution in [0, 0.1) is 5.82 Å². The highest BCUT2D eigenvalue weighted by atomic mass is 32.2. The Kier molecular flexibility index (Phi) is 6.40. The standard InChI is InChI=1S/C17H18FN5O2S2/c1-3-9-25-13-10-23(12-7-5-11(18)6-8-12)22-14(13)15(24)19-16-20-21-17(27-16)26-4-2/h5-8,10H,3-4,9H2,1-2H3,(H,19,20,24). The molecular weight excluding hydrogens is 389 g/mol. The zero-order valence-corrected chi connectivity index (χ0v) is 16.4. The van der Waals surface area contributed by atoms with Crippen LogP contribution in [0.2, 0.25) is 0 Å². The Morgan fingerprint density at radius 2 is 2.07 bits per heavy atom. The van der Waals surface area contributed by atoms with Gasteiger partial charge in [0.2, 0.25) is 5.13 Å². The summed E-state index contributed by atoms with van der Waals surface area (Å²) in [6.07, 6.45) is 2.40. The molecule has 0 radical (unpaired) electrons. The highest BCUT2D eigenvalue weighted by molar-refractivity contribution is 8.01. The topological polar surface area (TPSA) is 81.9 Å². The van der Waals surface area contributed by atoms with Crippen molar-refractivity contribution in [3.63, 3.8) is 0 Å². The van der Waals surface area contributed by atoms with Crippen molar-refractivity contribution >= 4 is 34.1 Å². The highest BCUT2D eigenvalue weighted by Gasteiger charge is 2.20. The van der Waals surface area contributed by atoms with Crippen LogP contribution >= 0.6 is 23.1 Å². The third kappa shape index (κ3) is 4.83. The average Bonchev–Trinajstić information content (AvgIpc) is 3.28. The van der Waals surface area contributed by atoms with Crippen LogP contribution in [0.5, 0.6) is 5.75 Å². The number of thioether (sulfide) groups is 1.